The number of benzene rings is 1. The zero-order valence-corrected chi connectivity index (χ0v) is 14.0. The van der Waals surface area contributed by atoms with Gasteiger partial charge in [0.05, 0.1) is 10.4 Å². The predicted octanol–water partition coefficient (Wildman–Crippen LogP) is 2.68. The molecule has 0 radical (unpaired) electrons. The second kappa shape index (κ2) is 5.03. The monoisotopic (exact) mass is 319 g/mol. The standard InChI is InChI=1S/C17H21NO3S/c1-12-4-8-15(9-5-12)22(20,21)18-11-17(18,3)14-7-6-13(2)16(19)10-14/h4-6,8-9,14H,7,10-11H2,1-3H3/t14-,17-,18?/m0/s1. The van der Waals surface area contributed by atoms with Crippen molar-refractivity contribution < 1.29 is 13.2 Å². The summed E-state index contributed by atoms with van der Waals surface area (Å²) in [6, 6.07) is 6.92. The van der Waals surface area contributed by atoms with Gasteiger partial charge in [-0.05, 0) is 50.8 Å². The molecule has 0 bridgehead atoms. The van der Waals surface area contributed by atoms with Crippen LogP contribution >= 0.6 is 0 Å². The van der Waals surface area contributed by atoms with E-state index in [-0.39, 0.29) is 11.7 Å². The normalized spacial score (nSPS) is 31.8. The number of Topliss-reactive ketones (excluding diaryl/α,β-unsaturated/α-hetero) is 1. The third kappa shape index (κ3) is 2.42. The van der Waals surface area contributed by atoms with Crippen LogP contribution in [-0.4, -0.2) is 30.6 Å². The van der Waals surface area contributed by atoms with E-state index in [0.717, 1.165) is 17.6 Å². The Bertz CT molecular complexity index is 749. The molecule has 1 aromatic rings. The van der Waals surface area contributed by atoms with Crippen molar-refractivity contribution in [2.24, 2.45) is 5.92 Å². The highest BCUT2D eigenvalue weighted by atomic mass is 32.2. The van der Waals surface area contributed by atoms with Crippen LogP contribution in [0.4, 0.5) is 0 Å². The number of hydrogen-bond donors (Lipinski definition) is 0. The third-order valence-electron chi connectivity index (χ3n) is 5.00. The lowest BCUT2D eigenvalue weighted by Gasteiger charge is -2.26. The summed E-state index contributed by atoms with van der Waals surface area (Å²) in [5, 5.41) is 0. The van der Waals surface area contributed by atoms with Crippen LogP contribution in [0, 0.1) is 12.8 Å². The first kappa shape index (κ1) is 15.4. The Morgan fingerprint density at radius 2 is 1.82 bits per heavy atom. The van der Waals surface area contributed by atoms with E-state index in [0.29, 0.717) is 17.9 Å². The molecule has 1 aromatic carbocycles. The maximum absolute atomic E-state index is 12.7. The number of rotatable bonds is 3. The quantitative estimate of drug-likeness (QED) is 0.805. The minimum Gasteiger partial charge on any atom is -0.295 e. The molecule has 1 aliphatic carbocycles. The van der Waals surface area contributed by atoms with Crippen molar-refractivity contribution in [2.45, 2.75) is 44.0 Å². The Morgan fingerprint density at radius 3 is 2.41 bits per heavy atom. The maximum atomic E-state index is 12.7. The molecule has 0 aromatic heterocycles. The molecule has 2 aliphatic rings. The van der Waals surface area contributed by atoms with Gasteiger partial charge in [-0.15, -0.1) is 0 Å². The number of nitrogens with zero attached hydrogens (tertiary/aromatic N) is 1. The number of carbonyl (C=O) groups excluding carboxylic acids is 1. The predicted molar refractivity (Wildman–Crippen MR) is 85.0 cm³/mol. The Kier molecular flexibility index (Phi) is 3.53. The van der Waals surface area contributed by atoms with Gasteiger partial charge in [-0.3, -0.25) is 4.79 Å². The van der Waals surface area contributed by atoms with Crippen LogP contribution in [0.1, 0.15) is 32.3 Å². The lowest BCUT2D eigenvalue weighted by atomic mass is 9.81. The van der Waals surface area contributed by atoms with E-state index in [1.165, 1.54) is 4.31 Å². The SMILES string of the molecule is CC1=CC[C@H]([C@]2(C)CN2S(=O)(=O)c2ccc(C)cc2)CC1=O. The van der Waals surface area contributed by atoms with Crippen LogP contribution in [0.2, 0.25) is 0 Å². The topological polar surface area (TPSA) is 54.2 Å². The average molecular weight is 319 g/mol. The smallest absolute Gasteiger partial charge is 0.243 e. The molecule has 1 unspecified atom stereocenters. The zero-order valence-electron chi connectivity index (χ0n) is 13.2. The number of ketones is 1. The number of carbonyl (C=O) groups is 1. The van der Waals surface area contributed by atoms with Crippen molar-refractivity contribution in [1.82, 2.24) is 4.31 Å². The average Bonchev–Trinajstić information content (AvgIpc) is 3.17. The Morgan fingerprint density at radius 1 is 1.18 bits per heavy atom. The van der Waals surface area contributed by atoms with Crippen molar-refractivity contribution in [3.05, 3.63) is 41.5 Å². The Labute approximate surface area is 131 Å². The van der Waals surface area contributed by atoms with Gasteiger partial charge in [0.1, 0.15) is 0 Å². The van der Waals surface area contributed by atoms with Crippen molar-refractivity contribution >= 4 is 15.8 Å². The minimum absolute atomic E-state index is 0.0731. The van der Waals surface area contributed by atoms with Gasteiger partial charge < -0.3 is 0 Å². The van der Waals surface area contributed by atoms with Crippen LogP contribution in [0.25, 0.3) is 0 Å². The zero-order chi connectivity index (χ0) is 16.1. The van der Waals surface area contributed by atoms with E-state index in [9.17, 15) is 13.2 Å². The van der Waals surface area contributed by atoms with Gasteiger partial charge in [0.2, 0.25) is 10.0 Å². The van der Waals surface area contributed by atoms with Crippen LogP contribution in [0.15, 0.2) is 40.8 Å². The molecule has 3 rings (SSSR count). The van der Waals surface area contributed by atoms with Gasteiger partial charge in [-0.1, -0.05) is 23.8 Å². The van der Waals surface area contributed by atoms with Gasteiger partial charge in [0, 0.05) is 13.0 Å². The number of allylic oxidation sites excluding steroid dienone is 2. The lowest BCUT2D eigenvalue weighted by Crippen LogP contribution is -2.32. The van der Waals surface area contributed by atoms with E-state index in [1.54, 1.807) is 12.1 Å². The summed E-state index contributed by atoms with van der Waals surface area (Å²) >= 11 is 0. The fraction of sp³-hybridized carbons (Fsp3) is 0.471. The fourth-order valence-corrected chi connectivity index (χ4v) is 5.02. The summed E-state index contributed by atoms with van der Waals surface area (Å²) in [4.78, 5) is 12.2. The summed E-state index contributed by atoms with van der Waals surface area (Å²) in [6.07, 6.45) is 3.16. The summed E-state index contributed by atoms with van der Waals surface area (Å²) < 4.78 is 27.0. The first-order valence-electron chi connectivity index (χ1n) is 7.54. The summed E-state index contributed by atoms with van der Waals surface area (Å²) in [6.45, 7) is 6.20. The molecular formula is C17H21NO3S. The van der Waals surface area contributed by atoms with Crippen LogP contribution in [0.5, 0.6) is 0 Å². The van der Waals surface area contributed by atoms with Crippen LogP contribution in [0.3, 0.4) is 0 Å². The second-order valence-corrected chi connectivity index (χ2v) is 8.49. The van der Waals surface area contributed by atoms with Crippen molar-refractivity contribution in [3.8, 4) is 0 Å². The van der Waals surface area contributed by atoms with Crippen molar-refractivity contribution in [3.63, 3.8) is 0 Å². The highest BCUT2D eigenvalue weighted by Gasteiger charge is 2.59. The van der Waals surface area contributed by atoms with Gasteiger partial charge in [0.15, 0.2) is 5.78 Å². The lowest BCUT2D eigenvalue weighted by molar-refractivity contribution is -0.117. The highest BCUT2D eigenvalue weighted by Crippen LogP contribution is 2.47. The summed E-state index contributed by atoms with van der Waals surface area (Å²) in [7, 11) is -3.47. The Hall–Kier alpha value is -1.46. The number of sulfonamides is 1. The maximum Gasteiger partial charge on any atom is 0.243 e. The molecule has 118 valence electrons. The first-order chi connectivity index (χ1) is 10.2. The molecule has 1 fully saturated rings. The molecule has 0 N–H and O–H groups in total. The molecule has 1 heterocycles. The summed E-state index contributed by atoms with van der Waals surface area (Å²) in [5.74, 6) is 0.209. The molecular weight excluding hydrogens is 298 g/mol. The Balaban J connectivity index is 1.83. The highest BCUT2D eigenvalue weighted by molar-refractivity contribution is 7.89. The van der Waals surface area contributed by atoms with E-state index in [1.807, 2.05) is 39.0 Å². The second-order valence-electron chi connectivity index (χ2n) is 6.63. The van der Waals surface area contributed by atoms with Crippen LogP contribution in [-0.2, 0) is 14.8 Å². The van der Waals surface area contributed by atoms with Gasteiger partial charge in [-0.25, -0.2) is 8.42 Å². The van der Waals surface area contributed by atoms with Gasteiger partial charge in [-0.2, -0.15) is 4.31 Å². The minimum atomic E-state index is -3.47. The fourth-order valence-electron chi connectivity index (χ4n) is 3.16. The molecule has 22 heavy (non-hydrogen) atoms. The number of hydrogen-bond acceptors (Lipinski definition) is 3. The van der Waals surface area contributed by atoms with Gasteiger partial charge in [0.25, 0.3) is 0 Å². The molecule has 4 nitrogen and oxygen atoms in total. The third-order valence-corrected chi connectivity index (χ3v) is 6.99. The largest absolute Gasteiger partial charge is 0.295 e. The molecule has 0 amide bonds. The molecule has 0 spiro atoms. The van der Waals surface area contributed by atoms with Gasteiger partial charge >= 0.3 is 0 Å². The van der Waals surface area contributed by atoms with E-state index >= 15 is 0 Å². The molecule has 3 atom stereocenters. The molecule has 1 aliphatic heterocycles. The molecule has 1 saturated heterocycles. The van der Waals surface area contributed by atoms with Crippen LogP contribution < -0.4 is 0 Å². The van der Waals surface area contributed by atoms with Crippen molar-refractivity contribution in [1.29, 1.82) is 0 Å². The molecule has 0 saturated carbocycles. The number of aryl methyl sites for hydroxylation is 1. The van der Waals surface area contributed by atoms with Crippen molar-refractivity contribution in [2.75, 3.05) is 6.54 Å². The van der Waals surface area contributed by atoms with E-state index in [2.05, 4.69) is 0 Å². The van der Waals surface area contributed by atoms with E-state index in [4.69, 9.17) is 0 Å². The first-order valence-corrected chi connectivity index (χ1v) is 8.98. The van der Waals surface area contributed by atoms with E-state index < -0.39 is 15.6 Å². The summed E-state index contributed by atoms with van der Waals surface area (Å²) in [5.41, 5.74) is 1.40. The molecule has 5 heteroatoms.